The molecule has 0 aromatic rings. The summed E-state index contributed by atoms with van der Waals surface area (Å²) >= 11 is 0. The van der Waals surface area contributed by atoms with Gasteiger partial charge in [0.25, 0.3) is 0 Å². The number of ketones is 1. The predicted molar refractivity (Wildman–Crippen MR) is 42.9 cm³/mol. The standard InChI is InChI=1S/C8H13NO2/c10-5-4-9-7-2-1-3-8(11)6-7/h10H,1-6H2. The van der Waals surface area contributed by atoms with Gasteiger partial charge in [0.2, 0.25) is 0 Å². The van der Waals surface area contributed by atoms with Crippen molar-refractivity contribution in [3.05, 3.63) is 0 Å². The maximum Gasteiger partial charge on any atom is 0.138 e. The Morgan fingerprint density at radius 2 is 2.27 bits per heavy atom. The third-order valence-electron chi connectivity index (χ3n) is 1.76. The summed E-state index contributed by atoms with van der Waals surface area (Å²) in [6.45, 7) is 0.528. The minimum Gasteiger partial charge on any atom is -0.394 e. The monoisotopic (exact) mass is 155 g/mol. The maximum atomic E-state index is 10.9. The fourth-order valence-corrected chi connectivity index (χ4v) is 1.24. The van der Waals surface area contributed by atoms with Crippen LogP contribution < -0.4 is 0 Å². The number of Topliss-reactive ketones (excluding diaryl/α,β-unsaturated/α-hetero) is 1. The average molecular weight is 155 g/mol. The highest BCUT2D eigenvalue weighted by Crippen LogP contribution is 2.11. The van der Waals surface area contributed by atoms with Crippen molar-refractivity contribution >= 4 is 11.5 Å². The molecule has 0 amide bonds. The lowest BCUT2D eigenvalue weighted by atomic mass is 9.97. The van der Waals surface area contributed by atoms with Gasteiger partial charge in [-0.25, -0.2) is 0 Å². The van der Waals surface area contributed by atoms with Crippen LogP contribution in [0, 0.1) is 0 Å². The summed E-state index contributed by atoms with van der Waals surface area (Å²) in [7, 11) is 0. The summed E-state index contributed by atoms with van der Waals surface area (Å²) in [6, 6.07) is 0. The zero-order valence-corrected chi connectivity index (χ0v) is 6.55. The van der Waals surface area contributed by atoms with Crippen LogP contribution >= 0.6 is 0 Å². The minimum absolute atomic E-state index is 0.0810. The molecule has 3 nitrogen and oxygen atoms in total. The van der Waals surface area contributed by atoms with E-state index in [0.717, 1.165) is 18.6 Å². The molecule has 1 fully saturated rings. The van der Waals surface area contributed by atoms with Crippen LogP contribution in [0.4, 0.5) is 0 Å². The Morgan fingerprint density at radius 1 is 1.45 bits per heavy atom. The molecule has 0 atom stereocenters. The highest BCUT2D eigenvalue weighted by molar-refractivity contribution is 6.03. The number of carbonyl (C=O) groups is 1. The van der Waals surface area contributed by atoms with Crippen LogP contribution in [0.25, 0.3) is 0 Å². The number of hydrogen-bond acceptors (Lipinski definition) is 3. The van der Waals surface area contributed by atoms with E-state index < -0.39 is 0 Å². The first-order valence-corrected chi connectivity index (χ1v) is 3.97. The molecule has 0 aromatic carbocycles. The normalized spacial score (nSPS) is 22.6. The van der Waals surface area contributed by atoms with Crippen molar-refractivity contribution in [2.24, 2.45) is 4.99 Å². The van der Waals surface area contributed by atoms with Crippen LogP contribution in [-0.4, -0.2) is 29.8 Å². The topological polar surface area (TPSA) is 49.7 Å². The smallest absolute Gasteiger partial charge is 0.138 e. The summed E-state index contributed by atoms with van der Waals surface area (Å²) in [4.78, 5) is 15.0. The van der Waals surface area contributed by atoms with E-state index in [9.17, 15) is 4.79 Å². The van der Waals surface area contributed by atoms with Gasteiger partial charge in [0.15, 0.2) is 0 Å². The van der Waals surface area contributed by atoms with Crippen LogP contribution in [0.15, 0.2) is 4.99 Å². The van der Waals surface area contributed by atoms with Crippen molar-refractivity contribution in [3.63, 3.8) is 0 Å². The van der Waals surface area contributed by atoms with E-state index in [2.05, 4.69) is 4.99 Å². The van der Waals surface area contributed by atoms with E-state index in [-0.39, 0.29) is 12.4 Å². The Bertz CT molecular complexity index is 175. The number of aliphatic imine (C=N–C) groups is 1. The van der Waals surface area contributed by atoms with E-state index >= 15 is 0 Å². The first kappa shape index (κ1) is 8.40. The SMILES string of the molecule is O=C1CCCC(=NCCO)C1. The zero-order chi connectivity index (χ0) is 8.10. The Balaban J connectivity index is 2.38. The van der Waals surface area contributed by atoms with Crippen molar-refractivity contribution in [3.8, 4) is 0 Å². The van der Waals surface area contributed by atoms with Crippen molar-refractivity contribution in [2.45, 2.75) is 25.7 Å². The Kier molecular flexibility index (Phi) is 3.23. The summed E-state index contributed by atoms with van der Waals surface area (Å²) < 4.78 is 0. The highest BCUT2D eigenvalue weighted by Gasteiger charge is 2.13. The molecule has 11 heavy (non-hydrogen) atoms. The van der Waals surface area contributed by atoms with Crippen LogP contribution in [0.2, 0.25) is 0 Å². The van der Waals surface area contributed by atoms with Gasteiger partial charge in [-0.2, -0.15) is 0 Å². The molecule has 1 saturated carbocycles. The van der Waals surface area contributed by atoms with Crippen LogP contribution in [-0.2, 0) is 4.79 Å². The second-order valence-electron chi connectivity index (χ2n) is 2.74. The molecule has 0 aliphatic heterocycles. The molecule has 0 radical (unpaired) electrons. The van der Waals surface area contributed by atoms with Gasteiger partial charge in [-0.1, -0.05) is 0 Å². The summed E-state index contributed by atoms with van der Waals surface area (Å²) in [5, 5.41) is 8.47. The molecule has 0 spiro atoms. The van der Waals surface area contributed by atoms with E-state index in [0.29, 0.717) is 19.4 Å². The lowest BCUT2D eigenvalue weighted by molar-refractivity contribution is -0.118. The highest BCUT2D eigenvalue weighted by atomic mass is 16.3. The Labute approximate surface area is 66.1 Å². The molecule has 1 N–H and O–H groups in total. The summed E-state index contributed by atoms with van der Waals surface area (Å²) in [5.41, 5.74) is 0.968. The Hall–Kier alpha value is -0.700. The van der Waals surface area contributed by atoms with Crippen molar-refractivity contribution < 1.29 is 9.90 Å². The van der Waals surface area contributed by atoms with Gasteiger partial charge >= 0.3 is 0 Å². The van der Waals surface area contributed by atoms with Gasteiger partial charge in [-0.05, 0) is 12.8 Å². The van der Waals surface area contributed by atoms with Crippen LogP contribution in [0.5, 0.6) is 0 Å². The molecule has 0 unspecified atom stereocenters. The fraction of sp³-hybridized carbons (Fsp3) is 0.750. The number of aliphatic hydroxyl groups excluding tert-OH is 1. The number of nitrogens with zero attached hydrogens (tertiary/aromatic N) is 1. The van der Waals surface area contributed by atoms with Gasteiger partial charge in [-0.15, -0.1) is 0 Å². The third kappa shape index (κ3) is 2.80. The number of hydrogen-bond donors (Lipinski definition) is 1. The maximum absolute atomic E-state index is 10.9. The van der Waals surface area contributed by atoms with Crippen LogP contribution in [0.3, 0.4) is 0 Å². The van der Waals surface area contributed by atoms with E-state index in [4.69, 9.17) is 5.11 Å². The average Bonchev–Trinajstić information content (AvgIpc) is 2.01. The number of carbonyl (C=O) groups excluding carboxylic acids is 1. The second kappa shape index (κ2) is 4.23. The van der Waals surface area contributed by atoms with Crippen molar-refractivity contribution in [1.29, 1.82) is 0 Å². The largest absolute Gasteiger partial charge is 0.394 e. The quantitative estimate of drug-likeness (QED) is 0.633. The molecule has 0 saturated heterocycles. The third-order valence-corrected chi connectivity index (χ3v) is 1.76. The summed E-state index contributed by atoms with van der Waals surface area (Å²) in [6.07, 6.45) is 3.09. The van der Waals surface area contributed by atoms with Crippen molar-refractivity contribution in [2.75, 3.05) is 13.2 Å². The molecule has 1 aliphatic carbocycles. The molecule has 0 bridgehead atoms. The summed E-state index contributed by atoms with van der Waals surface area (Å²) in [5.74, 6) is 0.285. The Morgan fingerprint density at radius 3 is 2.91 bits per heavy atom. The van der Waals surface area contributed by atoms with Gasteiger partial charge in [0, 0.05) is 18.6 Å². The molecular formula is C8H13NO2. The van der Waals surface area contributed by atoms with E-state index in [1.54, 1.807) is 0 Å². The first-order chi connectivity index (χ1) is 5.33. The number of aliphatic hydroxyl groups is 1. The molecular weight excluding hydrogens is 142 g/mol. The molecule has 1 aliphatic rings. The van der Waals surface area contributed by atoms with Gasteiger partial charge in [0.1, 0.15) is 5.78 Å². The van der Waals surface area contributed by atoms with Gasteiger partial charge in [-0.3, -0.25) is 9.79 Å². The second-order valence-corrected chi connectivity index (χ2v) is 2.74. The zero-order valence-electron chi connectivity index (χ0n) is 6.55. The van der Waals surface area contributed by atoms with Crippen LogP contribution in [0.1, 0.15) is 25.7 Å². The van der Waals surface area contributed by atoms with Crippen molar-refractivity contribution in [1.82, 2.24) is 0 Å². The molecule has 62 valence electrons. The van der Waals surface area contributed by atoms with E-state index in [1.165, 1.54) is 0 Å². The predicted octanol–water partition coefficient (Wildman–Crippen LogP) is 0.563. The fourth-order valence-electron chi connectivity index (χ4n) is 1.24. The van der Waals surface area contributed by atoms with Gasteiger partial charge < -0.3 is 5.11 Å². The molecule has 0 aromatic heterocycles. The lowest BCUT2D eigenvalue weighted by Crippen LogP contribution is -2.15. The number of rotatable bonds is 2. The first-order valence-electron chi connectivity index (χ1n) is 3.97. The molecule has 1 rings (SSSR count). The lowest BCUT2D eigenvalue weighted by Gasteiger charge is -2.10. The van der Waals surface area contributed by atoms with E-state index in [1.807, 2.05) is 0 Å². The van der Waals surface area contributed by atoms with Gasteiger partial charge in [0.05, 0.1) is 13.2 Å². The molecule has 0 heterocycles. The minimum atomic E-state index is 0.0810. The molecule has 3 heteroatoms.